The Labute approximate surface area is 183 Å². The van der Waals surface area contributed by atoms with Crippen molar-refractivity contribution in [2.75, 3.05) is 13.2 Å². The number of ether oxygens (including phenoxy) is 2. The van der Waals surface area contributed by atoms with Gasteiger partial charge in [-0.25, -0.2) is 0 Å². The molecular formula is C26H44O4. The average molecular weight is 421 g/mol. The van der Waals surface area contributed by atoms with E-state index in [4.69, 9.17) is 9.47 Å². The van der Waals surface area contributed by atoms with E-state index >= 15 is 0 Å². The topological polar surface area (TPSA) is 52.6 Å². The van der Waals surface area contributed by atoms with Gasteiger partial charge in [-0.1, -0.05) is 26.7 Å². The summed E-state index contributed by atoms with van der Waals surface area (Å²) in [4.78, 5) is 23.9. The van der Waals surface area contributed by atoms with Gasteiger partial charge < -0.3 is 9.47 Å². The van der Waals surface area contributed by atoms with Crippen molar-refractivity contribution in [1.29, 1.82) is 0 Å². The fourth-order valence-corrected chi connectivity index (χ4v) is 6.55. The smallest absolute Gasteiger partial charge is 0.132 e. The molecule has 4 bridgehead atoms. The summed E-state index contributed by atoms with van der Waals surface area (Å²) in [7, 11) is 0. The van der Waals surface area contributed by atoms with E-state index in [1.807, 2.05) is 0 Å². The van der Waals surface area contributed by atoms with Crippen molar-refractivity contribution in [3.05, 3.63) is 0 Å². The van der Waals surface area contributed by atoms with Gasteiger partial charge in [0, 0.05) is 45.3 Å². The van der Waals surface area contributed by atoms with Crippen molar-refractivity contribution in [1.82, 2.24) is 0 Å². The Morgan fingerprint density at radius 3 is 1.50 bits per heavy atom. The first-order valence-electron chi connectivity index (χ1n) is 12.8. The van der Waals surface area contributed by atoms with Crippen LogP contribution in [0.25, 0.3) is 0 Å². The summed E-state index contributed by atoms with van der Waals surface area (Å²) in [5.74, 6) is 2.23. The third kappa shape index (κ3) is 6.63. The zero-order valence-corrected chi connectivity index (χ0v) is 19.5. The molecule has 4 fully saturated rings. The zero-order valence-electron chi connectivity index (χ0n) is 19.5. The fraction of sp³-hybridized carbons (Fsp3) is 0.923. The van der Waals surface area contributed by atoms with Crippen LogP contribution in [0.5, 0.6) is 0 Å². The normalized spacial score (nSPS) is 31.9. The summed E-state index contributed by atoms with van der Waals surface area (Å²) in [6, 6.07) is 0. The molecule has 4 nitrogen and oxygen atoms in total. The maximum absolute atomic E-state index is 11.9. The third-order valence-corrected chi connectivity index (χ3v) is 7.59. The Balaban J connectivity index is 1.43. The van der Waals surface area contributed by atoms with Gasteiger partial charge in [0.15, 0.2) is 0 Å². The molecule has 0 aromatic carbocycles. The number of ketones is 2. The van der Waals surface area contributed by atoms with Crippen LogP contribution in [0.1, 0.15) is 117 Å². The molecule has 0 N–H and O–H groups in total. The maximum Gasteiger partial charge on any atom is 0.132 e. The van der Waals surface area contributed by atoms with Crippen LogP contribution in [-0.2, 0) is 19.1 Å². The molecule has 4 aliphatic rings. The van der Waals surface area contributed by atoms with Gasteiger partial charge in [-0.3, -0.25) is 9.59 Å². The van der Waals surface area contributed by atoms with Gasteiger partial charge >= 0.3 is 0 Å². The summed E-state index contributed by atoms with van der Waals surface area (Å²) >= 11 is 0. The molecule has 4 aliphatic carbocycles. The lowest BCUT2D eigenvalue weighted by atomic mass is 9.52. The van der Waals surface area contributed by atoms with Crippen molar-refractivity contribution in [2.24, 2.45) is 11.8 Å². The second-order valence-electron chi connectivity index (χ2n) is 10.5. The average Bonchev–Trinajstić information content (AvgIpc) is 2.70. The van der Waals surface area contributed by atoms with Crippen molar-refractivity contribution in [3.8, 4) is 0 Å². The maximum atomic E-state index is 11.9. The summed E-state index contributed by atoms with van der Waals surface area (Å²) < 4.78 is 13.0. The Bertz CT molecular complexity index is 509. The lowest BCUT2D eigenvalue weighted by Gasteiger charge is -2.61. The molecule has 0 spiro atoms. The number of rotatable bonds is 16. The molecule has 0 radical (unpaired) electrons. The molecule has 4 saturated carbocycles. The van der Waals surface area contributed by atoms with Crippen LogP contribution in [0.4, 0.5) is 0 Å². The van der Waals surface area contributed by atoms with Crippen LogP contribution in [0, 0.1) is 11.8 Å². The Hall–Kier alpha value is -0.740. The quantitative estimate of drug-likeness (QED) is 0.279. The minimum absolute atomic E-state index is 0.0203. The summed E-state index contributed by atoms with van der Waals surface area (Å²) in [6.45, 7) is 5.68. The standard InChI is InChI=1S/C26H44O4/c1-3-5-9-23(27)11-7-13-29-25-16-21-15-22(17-25)19-26(18-21,20-25)30-14-8-12-24(28)10-6-4-2/h21-22H,3-20H2,1-2H3. The van der Waals surface area contributed by atoms with Crippen LogP contribution >= 0.6 is 0 Å². The van der Waals surface area contributed by atoms with Crippen molar-refractivity contribution < 1.29 is 19.1 Å². The lowest BCUT2D eigenvalue weighted by molar-refractivity contribution is -0.237. The lowest BCUT2D eigenvalue weighted by Crippen LogP contribution is -2.61. The first kappa shape index (κ1) is 23.9. The SMILES string of the molecule is CCCCC(=O)CCCOC12CC3CC(C1)CC(OCCCC(=O)CCCC)(C3)C2. The van der Waals surface area contributed by atoms with E-state index in [0.717, 1.165) is 69.6 Å². The molecule has 0 heterocycles. The second kappa shape index (κ2) is 11.2. The molecule has 0 aliphatic heterocycles. The van der Waals surface area contributed by atoms with E-state index in [9.17, 15) is 9.59 Å². The highest BCUT2D eigenvalue weighted by atomic mass is 16.5. The van der Waals surface area contributed by atoms with Crippen molar-refractivity contribution in [3.63, 3.8) is 0 Å². The van der Waals surface area contributed by atoms with Crippen molar-refractivity contribution >= 4 is 11.6 Å². The molecule has 4 rings (SSSR count). The van der Waals surface area contributed by atoms with Gasteiger partial charge in [0.25, 0.3) is 0 Å². The van der Waals surface area contributed by atoms with Crippen LogP contribution in [0.15, 0.2) is 0 Å². The van der Waals surface area contributed by atoms with Gasteiger partial charge in [0.1, 0.15) is 11.6 Å². The Kier molecular flexibility index (Phi) is 8.94. The van der Waals surface area contributed by atoms with Crippen molar-refractivity contribution in [2.45, 2.75) is 128 Å². The largest absolute Gasteiger partial charge is 0.375 e. The van der Waals surface area contributed by atoms with E-state index in [-0.39, 0.29) is 11.2 Å². The zero-order chi connectivity index (χ0) is 21.5. The van der Waals surface area contributed by atoms with Gasteiger partial charge in [-0.2, -0.15) is 0 Å². The number of hydrogen-bond acceptors (Lipinski definition) is 4. The van der Waals surface area contributed by atoms with Crippen LogP contribution in [0.3, 0.4) is 0 Å². The van der Waals surface area contributed by atoms with E-state index in [1.165, 1.54) is 32.1 Å². The van der Waals surface area contributed by atoms with Gasteiger partial charge in [-0.15, -0.1) is 0 Å². The molecule has 0 saturated heterocycles. The minimum Gasteiger partial charge on any atom is -0.375 e. The van der Waals surface area contributed by atoms with Crippen LogP contribution in [-0.4, -0.2) is 36.0 Å². The van der Waals surface area contributed by atoms with E-state index in [0.29, 0.717) is 37.6 Å². The molecule has 172 valence electrons. The predicted octanol–water partition coefficient (Wildman–Crippen LogP) is 6.19. The van der Waals surface area contributed by atoms with E-state index < -0.39 is 0 Å². The van der Waals surface area contributed by atoms with Crippen LogP contribution < -0.4 is 0 Å². The molecule has 0 unspecified atom stereocenters. The number of hydrogen-bond donors (Lipinski definition) is 0. The van der Waals surface area contributed by atoms with Gasteiger partial charge in [-0.05, 0) is 69.6 Å². The van der Waals surface area contributed by atoms with Crippen LogP contribution in [0.2, 0.25) is 0 Å². The molecule has 0 amide bonds. The Morgan fingerprint density at radius 2 is 1.10 bits per heavy atom. The summed E-state index contributed by atoms with van der Waals surface area (Å²) in [6.07, 6.45) is 15.7. The minimum atomic E-state index is -0.0203. The number of unbranched alkanes of at least 4 members (excludes halogenated alkanes) is 2. The number of carbonyl (C=O) groups is 2. The number of Topliss-reactive ketones (excluding diaryl/α,β-unsaturated/α-hetero) is 2. The molecule has 30 heavy (non-hydrogen) atoms. The van der Waals surface area contributed by atoms with Gasteiger partial charge in [0.05, 0.1) is 11.2 Å². The molecular weight excluding hydrogens is 376 g/mol. The third-order valence-electron chi connectivity index (χ3n) is 7.59. The predicted molar refractivity (Wildman–Crippen MR) is 120 cm³/mol. The summed E-state index contributed by atoms with van der Waals surface area (Å²) in [5.41, 5.74) is -0.0407. The monoisotopic (exact) mass is 420 g/mol. The molecule has 4 heteroatoms. The highest BCUT2D eigenvalue weighted by Crippen LogP contribution is 2.60. The molecule has 0 aromatic heterocycles. The fourth-order valence-electron chi connectivity index (χ4n) is 6.55. The first-order valence-corrected chi connectivity index (χ1v) is 12.8. The molecule has 0 aromatic rings. The summed E-state index contributed by atoms with van der Waals surface area (Å²) in [5, 5.41) is 0. The highest BCUT2D eigenvalue weighted by molar-refractivity contribution is 5.78. The van der Waals surface area contributed by atoms with E-state index in [1.54, 1.807) is 0 Å². The van der Waals surface area contributed by atoms with Gasteiger partial charge in [0.2, 0.25) is 0 Å². The second-order valence-corrected chi connectivity index (χ2v) is 10.5. The molecule has 0 atom stereocenters. The first-order chi connectivity index (χ1) is 14.5. The van der Waals surface area contributed by atoms with E-state index in [2.05, 4.69) is 13.8 Å². The Morgan fingerprint density at radius 1 is 0.700 bits per heavy atom. The number of carbonyl (C=O) groups excluding carboxylic acids is 2. The highest BCUT2D eigenvalue weighted by Gasteiger charge is 2.59.